The van der Waals surface area contributed by atoms with Gasteiger partial charge < -0.3 is 15.5 Å². The van der Waals surface area contributed by atoms with Crippen molar-refractivity contribution in [2.24, 2.45) is 0 Å². The zero-order valence-corrected chi connectivity index (χ0v) is 9.94. The molecule has 0 atom stereocenters. The third-order valence-corrected chi connectivity index (χ3v) is 2.20. The zero-order valence-electron chi connectivity index (χ0n) is 9.94. The van der Waals surface area contributed by atoms with Crippen molar-refractivity contribution < 1.29 is 19.8 Å². The highest BCUT2D eigenvalue weighted by atomic mass is 16.4. The second kappa shape index (κ2) is 5.61. The molecular formula is C11H9N5O4. The quantitative estimate of drug-likeness (QED) is 0.611. The number of rotatable bonds is 3. The summed E-state index contributed by atoms with van der Waals surface area (Å²) in [5.41, 5.74) is -0.0413. The normalized spacial score (nSPS) is 9.80. The second-order valence-electron chi connectivity index (χ2n) is 3.58. The highest BCUT2D eigenvalue weighted by molar-refractivity contribution is 6.00. The number of aromatic hydroxyl groups is 1. The van der Waals surface area contributed by atoms with Gasteiger partial charge in [0.05, 0.1) is 23.6 Å². The van der Waals surface area contributed by atoms with Crippen LogP contribution in [0.4, 0.5) is 16.4 Å². The molecule has 1 heterocycles. The summed E-state index contributed by atoms with van der Waals surface area (Å²) in [6.45, 7) is 0. The first kappa shape index (κ1) is 13.2. The van der Waals surface area contributed by atoms with Crippen LogP contribution < -0.4 is 10.6 Å². The highest BCUT2D eigenvalue weighted by Gasteiger charge is 2.10. The lowest BCUT2D eigenvalue weighted by Gasteiger charge is -2.08. The molecule has 0 aliphatic rings. The number of hydrogen-bond donors (Lipinski definition) is 4. The molecule has 2 rings (SSSR count). The monoisotopic (exact) mass is 275 g/mol. The zero-order chi connectivity index (χ0) is 14.5. The number of phenols is 1. The number of carboxylic acid groups (broad SMARTS) is 1. The molecule has 0 radical (unpaired) electrons. The molecule has 0 unspecified atom stereocenters. The van der Waals surface area contributed by atoms with Crippen molar-refractivity contribution in [2.75, 3.05) is 10.6 Å². The molecule has 0 spiro atoms. The molecule has 0 aliphatic carbocycles. The molecule has 20 heavy (non-hydrogen) atoms. The molecule has 1 aromatic carbocycles. The summed E-state index contributed by atoms with van der Waals surface area (Å²) in [4.78, 5) is 26.0. The van der Waals surface area contributed by atoms with E-state index in [2.05, 4.69) is 25.8 Å². The molecular weight excluding hydrogens is 266 g/mol. The van der Waals surface area contributed by atoms with Gasteiger partial charge in [0, 0.05) is 0 Å². The van der Waals surface area contributed by atoms with Crippen molar-refractivity contribution in [2.45, 2.75) is 0 Å². The molecule has 0 saturated carbocycles. The van der Waals surface area contributed by atoms with Gasteiger partial charge in [0.1, 0.15) is 5.75 Å². The van der Waals surface area contributed by atoms with Gasteiger partial charge >= 0.3 is 12.0 Å². The van der Waals surface area contributed by atoms with Gasteiger partial charge in [0.25, 0.3) is 5.95 Å². The number of carbonyl (C=O) groups is 2. The first-order valence-electron chi connectivity index (χ1n) is 5.34. The largest absolute Gasteiger partial charge is 0.506 e. The minimum Gasteiger partial charge on any atom is -0.506 e. The predicted molar refractivity (Wildman–Crippen MR) is 67.5 cm³/mol. The van der Waals surface area contributed by atoms with Gasteiger partial charge in [-0.25, -0.2) is 14.6 Å². The smallest absolute Gasteiger partial charge is 0.335 e. The van der Waals surface area contributed by atoms with Gasteiger partial charge in [0.15, 0.2) is 0 Å². The van der Waals surface area contributed by atoms with Gasteiger partial charge in [-0.15, -0.1) is 5.10 Å². The average Bonchev–Trinajstić information content (AvgIpc) is 2.42. The third-order valence-electron chi connectivity index (χ3n) is 2.20. The molecule has 2 aromatic rings. The summed E-state index contributed by atoms with van der Waals surface area (Å²) in [5, 5.41) is 30.0. The molecule has 4 N–H and O–H groups in total. The Morgan fingerprint density at radius 2 is 1.95 bits per heavy atom. The van der Waals surface area contributed by atoms with E-state index < -0.39 is 12.0 Å². The third kappa shape index (κ3) is 3.16. The number of hydrogen-bond acceptors (Lipinski definition) is 6. The molecule has 0 aliphatic heterocycles. The standard InChI is InChI=1S/C11H9N5O4/c17-8-5-6(9(18)19)1-2-7(8)14-11(20)15-10-12-3-4-13-16-10/h1-5,17H,(H,18,19)(H2,12,14,15,16,20). The summed E-state index contributed by atoms with van der Waals surface area (Å²) in [7, 11) is 0. The SMILES string of the molecule is O=C(Nc1nccnn1)Nc1ccc(C(=O)O)cc1O. The summed E-state index contributed by atoms with van der Waals surface area (Å²) in [6, 6.07) is 2.84. The maximum atomic E-state index is 11.6. The van der Waals surface area contributed by atoms with Gasteiger partial charge in [0.2, 0.25) is 0 Å². The summed E-state index contributed by atoms with van der Waals surface area (Å²) in [6.07, 6.45) is 2.70. The molecule has 102 valence electrons. The van der Waals surface area contributed by atoms with Gasteiger partial charge in [-0.1, -0.05) is 0 Å². The average molecular weight is 275 g/mol. The Morgan fingerprint density at radius 3 is 2.55 bits per heavy atom. The molecule has 0 fully saturated rings. The van der Waals surface area contributed by atoms with Crippen LogP contribution in [0.25, 0.3) is 0 Å². The number of carbonyl (C=O) groups excluding carboxylic acids is 1. The first-order chi connectivity index (χ1) is 9.56. The van der Waals surface area contributed by atoms with Crippen LogP contribution in [0.1, 0.15) is 10.4 Å². The van der Waals surface area contributed by atoms with Crippen molar-refractivity contribution in [1.29, 1.82) is 0 Å². The minimum atomic E-state index is -1.18. The Kier molecular flexibility index (Phi) is 3.70. The molecule has 1 aromatic heterocycles. The van der Waals surface area contributed by atoms with Crippen molar-refractivity contribution in [3.63, 3.8) is 0 Å². The van der Waals surface area contributed by atoms with Crippen LogP contribution in [0.15, 0.2) is 30.6 Å². The number of nitrogens with zero attached hydrogens (tertiary/aromatic N) is 3. The van der Waals surface area contributed by atoms with E-state index in [9.17, 15) is 14.7 Å². The topological polar surface area (TPSA) is 137 Å². The van der Waals surface area contributed by atoms with Gasteiger partial charge in [-0.2, -0.15) is 5.10 Å². The number of carboxylic acids is 1. The Labute approximate surface area is 112 Å². The van der Waals surface area contributed by atoms with Crippen LogP contribution in [-0.2, 0) is 0 Å². The fourth-order valence-electron chi connectivity index (χ4n) is 1.33. The molecule has 9 nitrogen and oxygen atoms in total. The van der Waals surface area contributed by atoms with Crippen LogP contribution in [0.3, 0.4) is 0 Å². The number of aromatic carboxylic acids is 1. The van der Waals surface area contributed by atoms with Crippen LogP contribution in [0, 0.1) is 0 Å². The van der Waals surface area contributed by atoms with Gasteiger partial charge in [-0.05, 0) is 18.2 Å². The van der Waals surface area contributed by atoms with E-state index in [4.69, 9.17) is 5.11 Å². The number of benzene rings is 1. The highest BCUT2D eigenvalue weighted by Crippen LogP contribution is 2.24. The number of amides is 2. The van der Waals surface area contributed by atoms with E-state index in [-0.39, 0.29) is 22.9 Å². The number of anilines is 2. The van der Waals surface area contributed by atoms with Crippen LogP contribution in [0.5, 0.6) is 5.75 Å². The van der Waals surface area contributed by atoms with E-state index in [1.807, 2.05) is 0 Å². The van der Waals surface area contributed by atoms with E-state index in [1.165, 1.54) is 24.5 Å². The van der Waals surface area contributed by atoms with Crippen LogP contribution in [-0.4, -0.2) is 37.4 Å². The molecule has 0 bridgehead atoms. The Bertz CT molecular complexity index is 647. The minimum absolute atomic E-state index is 0.00774. The van der Waals surface area contributed by atoms with E-state index >= 15 is 0 Å². The lowest BCUT2D eigenvalue weighted by Crippen LogP contribution is -2.21. The van der Waals surface area contributed by atoms with Crippen LogP contribution >= 0.6 is 0 Å². The fraction of sp³-hybridized carbons (Fsp3) is 0. The van der Waals surface area contributed by atoms with Crippen molar-refractivity contribution >= 4 is 23.6 Å². The number of urea groups is 1. The summed E-state index contributed by atoms with van der Waals surface area (Å²) in [5.74, 6) is -1.56. The first-order valence-corrected chi connectivity index (χ1v) is 5.34. The van der Waals surface area contributed by atoms with E-state index in [1.54, 1.807) is 0 Å². The number of nitrogens with one attached hydrogen (secondary N) is 2. The lowest BCUT2D eigenvalue weighted by atomic mass is 10.2. The molecule has 9 heteroatoms. The maximum Gasteiger partial charge on any atom is 0.335 e. The Balaban J connectivity index is 2.06. The fourth-order valence-corrected chi connectivity index (χ4v) is 1.33. The Hall–Kier alpha value is -3.23. The van der Waals surface area contributed by atoms with Crippen LogP contribution in [0.2, 0.25) is 0 Å². The summed E-state index contributed by atoms with van der Waals surface area (Å²) < 4.78 is 0. The van der Waals surface area contributed by atoms with Crippen molar-refractivity contribution in [1.82, 2.24) is 15.2 Å². The maximum absolute atomic E-state index is 11.6. The Morgan fingerprint density at radius 1 is 1.15 bits per heavy atom. The lowest BCUT2D eigenvalue weighted by molar-refractivity contribution is 0.0696. The van der Waals surface area contributed by atoms with E-state index in [0.717, 1.165) is 6.07 Å². The second-order valence-corrected chi connectivity index (χ2v) is 3.58. The summed E-state index contributed by atoms with van der Waals surface area (Å²) >= 11 is 0. The molecule has 0 saturated heterocycles. The molecule has 2 amide bonds. The number of phenolic OH excluding ortho intramolecular Hbond substituents is 1. The van der Waals surface area contributed by atoms with Crippen molar-refractivity contribution in [3.05, 3.63) is 36.2 Å². The van der Waals surface area contributed by atoms with E-state index in [0.29, 0.717) is 0 Å². The predicted octanol–water partition coefficient (Wildman–Crippen LogP) is 0.919. The van der Waals surface area contributed by atoms with Crippen molar-refractivity contribution in [3.8, 4) is 5.75 Å². The number of aromatic nitrogens is 3. The van der Waals surface area contributed by atoms with Gasteiger partial charge in [-0.3, -0.25) is 5.32 Å².